The molecule has 0 aliphatic carbocycles. The van der Waals surface area contributed by atoms with Gasteiger partial charge in [0.2, 0.25) is 0 Å². The summed E-state index contributed by atoms with van der Waals surface area (Å²) in [5, 5.41) is 5.80. The van der Waals surface area contributed by atoms with Crippen molar-refractivity contribution in [1.82, 2.24) is 10.6 Å². The van der Waals surface area contributed by atoms with E-state index in [1.807, 2.05) is 31.2 Å². The number of hydrogen-bond donors (Lipinski definition) is 3. The van der Waals surface area contributed by atoms with Gasteiger partial charge in [-0.05, 0) is 13.0 Å². The van der Waals surface area contributed by atoms with Crippen LogP contribution in [0.3, 0.4) is 0 Å². The van der Waals surface area contributed by atoms with Crippen LogP contribution in [0.1, 0.15) is 18.5 Å². The zero-order valence-corrected chi connectivity index (χ0v) is 10.2. The normalized spacial score (nSPS) is 11.9. The number of amides is 2. The van der Waals surface area contributed by atoms with Crippen LogP contribution in [0.2, 0.25) is 0 Å². The van der Waals surface area contributed by atoms with Gasteiger partial charge >= 0.3 is 6.03 Å². The van der Waals surface area contributed by atoms with Crippen LogP contribution in [0.4, 0.5) is 4.79 Å². The monoisotopic (exact) mass is 237 g/mol. The Hall–Kier alpha value is -1.75. The summed E-state index contributed by atoms with van der Waals surface area (Å²) < 4.78 is 5.28. The molecular formula is C12H19N3O2. The van der Waals surface area contributed by atoms with Crippen molar-refractivity contribution in [2.45, 2.75) is 13.0 Å². The highest BCUT2D eigenvalue weighted by molar-refractivity contribution is 5.71. The van der Waals surface area contributed by atoms with Crippen molar-refractivity contribution in [3.63, 3.8) is 0 Å². The summed E-state index contributed by atoms with van der Waals surface area (Å²) in [5.41, 5.74) is 6.06. The molecule has 0 radical (unpaired) electrons. The minimum Gasteiger partial charge on any atom is -0.496 e. The molecule has 17 heavy (non-hydrogen) atoms. The first-order chi connectivity index (χ1) is 8.15. The van der Waals surface area contributed by atoms with E-state index in [9.17, 15) is 4.79 Å². The molecular weight excluding hydrogens is 218 g/mol. The number of nitrogens with one attached hydrogen (secondary N) is 2. The molecule has 4 N–H and O–H groups in total. The summed E-state index contributed by atoms with van der Waals surface area (Å²) in [5.74, 6) is 0.857. The Balaban J connectivity index is 2.46. The van der Waals surface area contributed by atoms with Gasteiger partial charge in [0.1, 0.15) is 5.75 Å². The number of para-hydroxylation sites is 1. The lowest BCUT2D eigenvalue weighted by Crippen LogP contribution is -2.36. The van der Waals surface area contributed by atoms with Gasteiger partial charge in [-0.1, -0.05) is 18.2 Å². The van der Waals surface area contributed by atoms with Crippen molar-refractivity contribution in [3.8, 4) is 5.75 Å². The lowest BCUT2D eigenvalue weighted by atomic mass is 10.1. The van der Waals surface area contributed by atoms with Gasteiger partial charge in [0.05, 0.1) is 7.11 Å². The molecule has 0 spiro atoms. The van der Waals surface area contributed by atoms with E-state index in [1.54, 1.807) is 7.11 Å². The Morgan fingerprint density at radius 2 is 2.12 bits per heavy atom. The molecule has 0 bridgehead atoms. The number of carbonyl (C=O) groups excluding carboxylic acids is 1. The predicted octanol–water partition coefficient (Wildman–Crippen LogP) is 1.01. The van der Waals surface area contributed by atoms with Gasteiger partial charge < -0.3 is 21.1 Å². The standard InChI is InChI=1S/C12H19N3O2/c1-9(14-7-8-15-12(13)16)10-5-3-4-6-11(10)17-2/h3-6,9,14H,7-8H2,1-2H3,(H3,13,15,16). The van der Waals surface area contributed by atoms with Crippen LogP contribution in [0.5, 0.6) is 5.75 Å². The average Bonchev–Trinajstić information content (AvgIpc) is 2.34. The predicted molar refractivity (Wildman–Crippen MR) is 67.0 cm³/mol. The van der Waals surface area contributed by atoms with Crippen LogP contribution in [0.15, 0.2) is 24.3 Å². The van der Waals surface area contributed by atoms with Gasteiger partial charge in [0.25, 0.3) is 0 Å². The van der Waals surface area contributed by atoms with E-state index in [0.717, 1.165) is 11.3 Å². The van der Waals surface area contributed by atoms with Gasteiger partial charge in [-0.3, -0.25) is 0 Å². The van der Waals surface area contributed by atoms with Crippen molar-refractivity contribution in [3.05, 3.63) is 29.8 Å². The molecule has 2 amide bonds. The number of ether oxygens (including phenoxy) is 1. The highest BCUT2D eigenvalue weighted by Crippen LogP contribution is 2.23. The Labute approximate surface area is 101 Å². The molecule has 0 fully saturated rings. The molecule has 0 saturated carbocycles. The summed E-state index contributed by atoms with van der Waals surface area (Å²) in [6.07, 6.45) is 0. The quantitative estimate of drug-likeness (QED) is 0.646. The number of rotatable bonds is 6. The maximum atomic E-state index is 10.5. The van der Waals surface area contributed by atoms with E-state index in [1.165, 1.54) is 0 Å². The first-order valence-electron chi connectivity index (χ1n) is 5.54. The molecule has 0 saturated heterocycles. The number of methoxy groups -OCH3 is 1. The zero-order chi connectivity index (χ0) is 12.7. The molecule has 0 aromatic heterocycles. The van der Waals surface area contributed by atoms with Crippen molar-refractivity contribution in [1.29, 1.82) is 0 Å². The molecule has 1 atom stereocenters. The van der Waals surface area contributed by atoms with Crippen LogP contribution in [-0.2, 0) is 0 Å². The fourth-order valence-corrected chi connectivity index (χ4v) is 1.61. The number of carbonyl (C=O) groups is 1. The van der Waals surface area contributed by atoms with Gasteiger partial charge in [0, 0.05) is 24.7 Å². The minimum atomic E-state index is -0.503. The molecule has 0 heterocycles. The Kier molecular flexibility index (Phi) is 5.29. The van der Waals surface area contributed by atoms with Crippen molar-refractivity contribution < 1.29 is 9.53 Å². The summed E-state index contributed by atoms with van der Waals surface area (Å²) in [7, 11) is 1.65. The number of primary amides is 1. The van der Waals surface area contributed by atoms with Crippen LogP contribution < -0.4 is 21.1 Å². The van der Waals surface area contributed by atoms with E-state index in [0.29, 0.717) is 13.1 Å². The largest absolute Gasteiger partial charge is 0.496 e. The topological polar surface area (TPSA) is 76.4 Å². The van der Waals surface area contributed by atoms with E-state index in [4.69, 9.17) is 10.5 Å². The molecule has 1 aromatic carbocycles. The highest BCUT2D eigenvalue weighted by atomic mass is 16.5. The summed E-state index contributed by atoms with van der Waals surface area (Å²) in [6.45, 7) is 3.21. The lowest BCUT2D eigenvalue weighted by Gasteiger charge is -2.17. The highest BCUT2D eigenvalue weighted by Gasteiger charge is 2.09. The zero-order valence-electron chi connectivity index (χ0n) is 10.2. The summed E-state index contributed by atoms with van der Waals surface area (Å²) >= 11 is 0. The van der Waals surface area contributed by atoms with Crippen LogP contribution in [0.25, 0.3) is 0 Å². The van der Waals surface area contributed by atoms with Crippen LogP contribution in [-0.4, -0.2) is 26.2 Å². The molecule has 0 aliphatic rings. The molecule has 1 unspecified atom stereocenters. The second-order valence-electron chi connectivity index (χ2n) is 3.71. The fourth-order valence-electron chi connectivity index (χ4n) is 1.61. The third-order valence-electron chi connectivity index (χ3n) is 2.48. The maximum absolute atomic E-state index is 10.5. The molecule has 94 valence electrons. The lowest BCUT2D eigenvalue weighted by molar-refractivity contribution is 0.249. The SMILES string of the molecule is COc1ccccc1C(C)NCCNC(N)=O. The van der Waals surface area contributed by atoms with Crippen molar-refractivity contribution in [2.24, 2.45) is 5.73 Å². The van der Waals surface area contributed by atoms with Gasteiger partial charge in [-0.15, -0.1) is 0 Å². The average molecular weight is 237 g/mol. The Bertz CT molecular complexity index is 369. The smallest absolute Gasteiger partial charge is 0.312 e. The number of urea groups is 1. The third-order valence-corrected chi connectivity index (χ3v) is 2.48. The van der Waals surface area contributed by atoms with Crippen LogP contribution >= 0.6 is 0 Å². The number of nitrogens with two attached hydrogens (primary N) is 1. The Morgan fingerprint density at radius 3 is 2.76 bits per heavy atom. The van der Waals surface area contributed by atoms with E-state index < -0.39 is 6.03 Å². The molecule has 0 aliphatic heterocycles. The second-order valence-corrected chi connectivity index (χ2v) is 3.71. The van der Waals surface area contributed by atoms with E-state index in [2.05, 4.69) is 10.6 Å². The van der Waals surface area contributed by atoms with Gasteiger partial charge in [-0.2, -0.15) is 0 Å². The molecule has 1 rings (SSSR count). The summed E-state index contributed by atoms with van der Waals surface area (Å²) in [6, 6.07) is 7.49. The number of benzene rings is 1. The van der Waals surface area contributed by atoms with E-state index >= 15 is 0 Å². The first-order valence-corrected chi connectivity index (χ1v) is 5.54. The molecule has 5 nitrogen and oxygen atoms in total. The van der Waals surface area contributed by atoms with Gasteiger partial charge in [0.15, 0.2) is 0 Å². The van der Waals surface area contributed by atoms with Gasteiger partial charge in [-0.25, -0.2) is 4.79 Å². The minimum absolute atomic E-state index is 0.154. The van der Waals surface area contributed by atoms with Crippen molar-refractivity contribution in [2.75, 3.05) is 20.2 Å². The first kappa shape index (κ1) is 13.3. The Morgan fingerprint density at radius 1 is 1.41 bits per heavy atom. The maximum Gasteiger partial charge on any atom is 0.312 e. The molecule has 1 aromatic rings. The van der Waals surface area contributed by atoms with Crippen LogP contribution in [0, 0.1) is 0 Å². The molecule has 5 heteroatoms. The number of hydrogen-bond acceptors (Lipinski definition) is 3. The van der Waals surface area contributed by atoms with E-state index in [-0.39, 0.29) is 6.04 Å². The summed E-state index contributed by atoms with van der Waals surface area (Å²) in [4.78, 5) is 10.5. The third kappa shape index (κ3) is 4.32. The second kappa shape index (κ2) is 6.75. The fraction of sp³-hybridized carbons (Fsp3) is 0.417. The van der Waals surface area contributed by atoms with Crippen molar-refractivity contribution >= 4 is 6.03 Å².